The van der Waals surface area contributed by atoms with Crippen LogP contribution in [0.25, 0.3) is 5.69 Å². The topological polar surface area (TPSA) is 89.4 Å². The van der Waals surface area contributed by atoms with Crippen molar-refractivity contribution in [2.45, 2.75) is 40.7 Å². The molecule has 144 valence electrons. The lowest BCUT2D eigenvalue weighted by atomic mass is 10.2. The van der Waals surface area contributed by atoms with Gasteiger partial charge in [-0.05, 0) is 58.4 Å². The molecule has 0 saturated heterocycles. The van der Waals surface area contributed by atoms with E-state index in [4.69, 9.17) is 4.74 Å². The number of aromatic nitrogens is 1. The summed E-state index contributed by atoms with van der Waals surface area (Å²) in [5.41, 5.74) is 4.04. The molecule has 7 heteroatoms. The molecule has 27 heavy (non-hydrogen) atoms. The molecular weight excluding hydrogens is 346 g/mol. The Morgan fingerprint density at radius 1 is 1.15 bits per heavy atom. The molecule has 0 saturated carbocycles. The molecule has 0 spiro atoms. The number of amides is 3. The van der Waals surface area contributed by atoms with Gasteiger partial charge in [-0.1, -0.05) is 12.1 Å². The molecular formula is C20H25N3O4. The monoisotopic (exact) mass is 371 g/mol. The summed E-state index contributed by atoms with van der Waals surface area (Å²) in [6.07, 6.45) is -1.10. The van der Waals surface area contributed by atoms with Gasteiger partial charge in [0.2, 0.25) is 0 Å². The number of aryl methyl sites for hydroxylation is 2. The van der Waals surface area contributed by atoms with Gasteiger partial charge in [0.15, 0.2) is 6.10 Å². The summed E-state index contributed by atoms with van der Waals surface area (Å²) in [4.78, 5) is 35.9. The van der Waals surface area contributed by atoms with Crippen LogP contribution in [0.5, 0.6) is 0 Å². The van der Waals surface area contributed by atoms with Crippen LogP contribution in [0, 0.1) is 20.8 Å². The van der Waals surface area contributed by atoms with Crippen molar-refractivity contribution in [3.8, 4) is 5.69 Å². The number of carbonyl (C=O) groups excluding carboxylic acids is 3. The van der Waals surface area contributed by atoms with E-state index < -0.39 is 24.0 Å². The fourth-order valence-electron chi connectivity index (χ4n) is 2.83. The normalized spacial score (nSPS) is 11.6. The van der Waals surface area contributed by atoms with Gasteiger partial charge in [-0.25, -0.2) is 9.59 Å². The number of hydrogen-bond donors (Lipinski definition) is 2. The number of esters is 1. The molecule has 2 aromatic rings. The summed E-state index contributed by atoms with van der Waals surface area (Å²) in [5.74, 6) is -1.29. The summed E-state index contributed by atoms with van der Waals surface area (Å²) in [7, 11) is 0. The van der Waals surface area contributed by atoms with Gasteiger partial charge in [0.05, 0.1) is 5.56 Å². The number of nitrogens with zero attached hydrogens (tertiary/aromatic N) is 1. The predicted octanol–water partition coefficient (Wildman–Crippen LogP) is 2.79. The number of carbonyl (C=O) groups is 3. The first-order valence-electron chi connectivity index (χ1n) is 8.80. The minimum Gasteiger partial charge on any atom is -0.449 e. The Hall–Kier alpha value is -3.09. The molecule has 1 atom stereocenters. The highest BCUT2D eigenvalue weighted by atomic mass is 16.5. The summed E-state index contributed by atoms with van der Waals surface area (Å²) >= 11 is 0. The van der Waals surface area contributed by atoms with Crippen LogP contribution in [0.4, 0.5) is 4.79 Å². The third kappa shape index (κ3) is 4.75. The summed E-state index contributed by atoms with van der Waals surface area (Å²) < 4.78 is 7.20. The van der Waals surface area contributed by atoms with Crippen molar-refractivity contribution >= 4 is 17.9 Å². The van der Waals surface area contributed by atoms with Gasteiger partial charge in [0.25, 0.3) is 5.91 Å². The molecule has 1 heterocycles. The Morgan fingerprint density at radius 2 is 1.85 bits per heavy atom. The minimum atomic E-state index is -1.10. The molecule has 0 fully saturated rings. The van der Waals surface area contributed by atoms with E-state index in [0.717, 1.165) is 22.6 Å². The molecule has 2 rings (SSSR count). The number of urea groups is 1. The van der Waals surface area contributed by atoms with Gasteiger partial charge in [-0.2, -0.15) is 0 Å². The van der Waals surface area contributed by atoms with E-state index >= 15 is 0 Å². The largest absolute Gasteiger partial charge is 0.449 e. The highest BCUT2D eigenvalue weighted by Gasteiger charge is 2.24. The molecule has 0 radical (unpaired) electrons. The highest BCUT2D eigenvalue weighted by molar-refractivity contribution is 5.98. The number of ether oxygens (including phenoxy) is 1. The van der Waals surface area contributed by atoms with Crippen LogP contribution in [0.1, 0.15) is 41.2 Å². The average Bonchev–Trinajstić information content (AvgIpc) is 2.89. The Bertz CT molecular complexity index is 870. The van der Waals surface area contributed by atoms with E-state index in [1.807, 2.05) is 49.6 Å². The predicted molar refractivity (Wildman–Crippen MR) is 102 cm³/mol. The molecule has 0 aliphatic heterocycles. The molecule has 2 N–H and O–H groups in total. The standard InChI is InChI=1S/C20H25N3O4/c1-6-21-20(26)22-18(24)15(5)27-19(25)17-11-13(3)23(14(17)4)16-9-7-8-12(2)10-16/h7-11,15H,6H2,1-5H3,(H2,21,22,24,26). The fourth-order valence-corrected chi connectivity index (χ4v) is 2.83. The van der Waals surface area contributed by atoms with Crippen molar-refractivity contribution in [1.82, 2.24) is 15.2 Å². The first-order chi connectivity index (χ1) is 12.7. The first kappa shape index (κ1) is 20.2. The minimum absolute atomic E-state index is 0.381. The van der Waals surface area contributed by atoms with Crippen LogP contribution >= 0.6 is 0 Å². The van der Waals surface area contributed by atoms with E-state index in [1.54, 1.807) is 13.0 Å². The van der Waals surface area contributed by atoms with E-state index in [1.165, 1.54) is 6.92 Å². The Morgan fingerprint density at radius 3 is 2.48 bits per heavy atom. The Labute approximate surface area is 158 Å². The van der Waals surface area contributed by atoms with Crippen molar-refractivity contribution in [3.63, 3.8) is 0 Å². The van der Waals surface area contributed by atoms with Crippen LogP contribution in [-0.4, -0.2) is 35.1 Å². The molecule has 0 bridgehead atoms. The van der Waals surface area contributed by atoms with Crippen LogP contribution in [0.3, 0.4) is 0 Å². The number of benzene rings is 1. The lowest BCUT2D eigenvalue weighted by molar-refractivity contribution is -0.127. The zero-order chi connectivity index (χ0) is 20.1. The molecule has 7 nitrogen and oxygen atoms in total. The quantitative estimate of drug-likeness (QED) is 0.791. The van der Waals surface area contributed by atoms with Crippen LogP contribution in [0.2, 0.25) is 0 Å². The second-order valence-corrected chi connectivity index (χ2v) is 6.36. The number of hydrogen-bond acceptors (Lipinski definition) is 4. The van der Waals surface area contributed by atoms with Gasteiger partial charge in [-0.15, -0.1) is 0 Å². The second-order valence-electron chi connectivity index (χ2n) is 6.36. The summed E-state index contributed by atoms with van der Waals surface area (Å²) in [6, 6.07) is 9.05. The van der Waals surface area contributed by atoms with Gasteiger partial charge in [0.1, 0.15) is 0 Å². The molecule has 0 aliphatic carbocycles. The summed E-state index contributed by atoms with van der Waals surface area (Å²) in [5, 5.41) is 4.57. The highest BCUT2D eigenvalue weighted by Crippen LogP contribution is 2.22. The van der Waals surface area contributed by atoms with Gasteiger partial charge in [-0.3, -0.25) is 10.1 Å². The third-order valence-corrected chi connectivity index (χ3v) is 4.14. The van der Waals surface area contributed by atoms with E-state index in [-0.39, 0.29) is 0 Å². The first-order valence-corrected chi connectivity index (χ1v) is 8.80. The number of imide groups is 1. The summed E-state index contributed by atoms with van der Waals surface area (Å²) in [6.45, 7) is 9.27. The zero-order valence-corrected chi connectivity index (χ0v) is 16.3. The van der Waals surface area contributed by atoms with Crippen LogP contribution in [-0.2, 0) is 9.53 Å². The van der Waals surface area contributed by atoms with Gasteiger partial charge < -0.3 is 14.6 Å². The maximum Gasteiger partial charge on any atom is 0.340 e. The fraction of sp³-hybridized carbons (Fsp3) is 0.350. The molecule has 1 aromatic heterocycles. The number of rotatable bonds is 5. The second kappa shape index (κ2) is 8.53. The Kier molecular flexibility index (Phi) is 6.39. The number of nitrogens with one attached hydrogen (secondary N) is 2. The van der Waals surface area contributed by atoms with E-state index in [2.05, 4.69) is 10.6 Å². The zero-order valence-electron chi connectivity index (χ0n) is 16.3. The lowest BCUT2D eigenvalue weighted by Gasteiger charge is -2.13. The maximum absolute atomic E-state index is 12.5. The molecule has 0 aliphatic rings. The Balaban J connectivity index is 2.17. The van der Waals surface area contributed by atoms with Gasteiger partial charge in [0, 0.05) is 23.6 Å². The van der Waals surface area contributed by atoms with Crippen molar-refractivity contribution < 1.29 is 19.1 Å². The van der Waals surface area contributed by atoms with Crippen molar-refractivity contribution in [2.24, 2.45) is 0 Å². The SMILES string of the molecule is CCNC(=O)NC(=O)C(C)OC(=O)c1cc(C)n(-c2cccc(C)c2)c1C. The van der Waals surface area contributed by atoms with E-state index in [9.17, 15) is 14.4 Å². The smallest absolute Gasteiger partial charge is 0.340 e. The van der Waals surface area contributed by atoms with Crippen LogP contribution < -0.4 is 10.6 Å². The maximum atomic E-state index is 12.5. The molecule has 1 unspecified atom stereocenters. The van der Waals surface area contributed by atoms with Gasteiger partial charge >= 0.3 is 12.0 Å². The third-order valence-electron chi connectivity index (χ3n) is 4.14. The van der Waals surface area contributed by atoms with Crippen molar-refractivity contribution in [1.29, 1.82) is 0 Å². The molecule has 1 aromatic carbocycles. The van der Waals surface area contributed by atoms with E-state index in [0.29, 0.717) is 12.1 Å². The average molecular weight is 371 g/mol. The van der Waals surface area contributed by atoms with Crippen molar-refractivity contribution in [2.75, 3.05) is 6.54 Å². The molecule has 3 amide bonds. The van der Waals surface area contributed by atoms with Crippen LogP contribution in [0.15, 0.2) is 30.3 Å². The van der Waals surface area contributed by atoms with Crippen molar-refractivity contribution in [3.05, 3.63) is 52.8 Å². The lowest BCUT2D eigenvalue weighted by Crippen LogP contribution is -2.44.